The van der Waals surface area contributed by atoms with Gasteiger partial charge in [0.25, 0.3) is 0 Å². The van der Waals surface area contributed by atoms with E-state index in [1.807, 2.05) is 0 Å². The average Bonchev–Trinajstić information content (AvgIpc) is 3.09. The van der Waals surface area contributed by atoms with Crippen LogP contribution in [-0.4, -0.2) is 47.3 Å². The summed E-state index contributed by atoms with van der Waals surface area (Å²) in [5, 5.41) is 8.98. The Morgan fingerprint density at radius 2 is 1.89 bits per heavy atom. The number of ether oxygens (including phenoxy) is 1. The van der Waals surface area contributed by atoms with E-state index in [0.717, 1.165) is 24.9 Å². The van der Waals surface area contributed by atoms with Crippen molar-refractivity contribution in [3.05, 3.63) is 0 Å². The molecular formula is C15H25NO3. The summed E-state index contributed by atoms with van der Waals surface area (Å²) in [5.74, 6) is 0.0930. The number of rotatable bonds is 4. The van der Waals surface area contributed by atoms with Gasteiger partial charge in [-0.15, -0.1) is 0 Å². The van der Waals surface area contributed by atoms with Crippen LogP contribution >= 0.6 is 0 Å². The molecule has 0 aromatic rings. The molecule has 19 heavy (non-hydrogen) atoms. The van der Waals surface area contributed by atoms with Gasteiger partial charge in [-0.2, -0.15) is 0 Å². The van der Waals surface area contributed by atoms with Crippen LogP contribution in [0.1, 0.15) is 51.4 Å². The Balaban J connectivity index is 1.53. The molecule has 1 N–H and O–H groups in total. The Kier molecular flexibility index (Phi) is 4.08. The quantitative estimate of drug-likeness (QED) is 0.849. The minimum absolute atomic E-state index is 0.142. The van der Waals surface area contributed by atoms with Crippen molar-refractivity contribution >= 4 is 5.97 Å². The van der Waals surface area contributed by atoms with E-state index in [1.54, 1.807) is 0 Å². The second kappa shape index (κ2) is 5.80. The standard InChI is InChI=1S/C15H25NO3/c17-15(18)14-8-7-12(19-14)10-16-9-3-6-13(16)11-4-1-2-5-11/h11-14H,1-10H2,(H,17,18). The fourth-order valence-corrected chi connectivity index (χ4v) is 4.24. The maximum absolute atomic E-state index is 10.9. The minimum atomic E-state index is -0.795. The summed E-state index contributed by atoms with van der Waals surface area (Å²) in [5.41, 5.74) is 0. The normalized spacial score (nSPS) is 37.2. The van der Waals surface area contributed by atoms with Gasteiger partial charge in [-0.1, -0.05) is 12.8 Å². The van der Waals surface area contributed by atoms with Crippen LogP contribution in [0.3, 0.4) is 0 Å². The number of likely N-dealkylation sites (tertiary alicyclic amines) is 1. The molecule has 1 saturated carbocycles. The number of aliphatic carboxylic acids is 1. The van der Waals surface area contributed by atoms with Crippen molar-refractivity contribution in [3.8, 4) is 0 Å². The Morgan fingerprint density at radius 1 is 1.11 bits per heavy atom. The molecule has 2 heterocycles. The summed E-state index contributed by atoms with van der Waals surface area (Å²) in [6.45, 7) is 2.13. The van der Waals surface area contributed by atoms with Gasteiger partial charge in [0.1, 0.15) is 0 Å². The zero-order chi connectivity index (χ0) is 13.2. The van der Waals surface area contributed by atoms with Crippen molar-refractivity contribution in [3.63, 3.8) is 0 Å². The molecule has 3 aliphatic rings. The largest absolute Gasteiger partial charge is 0.479 e. The molecule has 0 radical (unpaired) electrons. The van der Waals surface area contributed by atoms with Crippen LogP contribution < -0.4 is 0 Å². The van der Waals surface area contributed by atoms with Crippen LogP contribution in [0.2, 0.25) is 0 Å². The Labute approximate surface area is 115 Å². The van der Waals surface area contributed by atoms with E-state index in [4.69, 9.17) is 9.84 Å². The molecule has 4 nitrogen and oxygen atoms in total. The molecule has 3 unspecified atom stereocenters. The predicted molar refractivity (Wildman–Crippen MR) is 72.1 cm³/mol. The first-order valence-corrected chi connectivity index (χ1v) is 7.86. The van der Waals surface area contributed by atoms with Crippen molar-refractivity contribution < 1.29 is 14.6 Å². The number of hydrogen-bond acceptors (Lipinski definition) is 3. The van der Waals surface area contributed by atoms with Crippen molar-refractivity contribution in [2.75, 3.05) is 13.1 Å². The van der Waals surface area contributed by atoms with Crippen LogP contribution in [0.25, 0.3) is 0 Å². The van der Waals surface area contributed by atoms with Gasteiger partial charge in [0.2, 0.25) is 0 Å². The van der Waals surface area contributed by atoms with Crippen LogP contribution in [-0.2, 0) is 9.53 Å². The van der Waals surface area contributed by atoms with Gasteiger partial charge >= 0.3 is 5.97 Å². The Hall–Kier alpha value is -0.610. The molecular weight excluding hydrogens is 242 g/mol. The van der Waals surface area contributed by atoms with Gasteiger partial charge < -0.3 is 9.84 Å². The third-order valence-corrected chi connectivity index (χ3v) is 5.18. The molecule has 1 aliphatic carbocycles. The third kappa shape index (κ3) is 2.95. The zero-order valence-corrected chi connectivity index (χ0v) is 11.6. The average molecular weight is 267 g/mol. The molecule has 4 heteroatoms. The van der Waals surface area contributed by atoms with E-state index >= 15 is 0 Å². The molecule has 2 aliphatic heterocycles. The highest BCUT2D eigenvalue weighted by atomic mass is 16.5. The van der Waals surface area contributed by atoms with Crippen molar-refractivity contribution in [2.45, 2.75) is 69.6 Å². The second-order valence-corrected chi connectivity index (χ2v) is 6.41. The Morgan fingerprint density at radius 3 is 2.58 bits per heavy atom. The minimum Gasteiger partial charge on any atom is -0.479 e. The maximum Gasteiger partial charge on any atom is 0.332 e. The van der Waals surface area contributed by atoms with Gasteiger partial charge in [-0.05, 0) is 51.0 Å². The molecule has 0 spiro atoms. The fraction of sp³-hybridized carbons (Fsp3) is 0.933. The SMILES string of the molecule is O=C(O)C1CCC(CN2CCCC2C2CCCC2)O1. The third-order valence-electron chi connectivity index (χ3n) is 5.18. The first-order valence-electron chi connectivity index (χ1n) is 7.86. The van der Waals surface area contributed by atoms with E-state index in [1.165, 1.54) is 45.1 Å². The molecule has 2 saturated heterocycles. The lowest BCUT2D eigenvalue weighted by atomic mass is 9.96. The van der Waals surface area contributed by atoms with Gasteiger partial charge in [0.15, 0.2) is 6.10 Å². The number of carbonyl (C=O) groups is 1. The molecule has 0 aromatic heterocycles. The molecule has 0 bridgehead atoms. The van der Waals surface area contributed by atoms with Gasteiger partial charge in [0, 0.05) is 12.6 Å². The first-order chi connectivity index (χ1) is 9.24. The zero-order valence-electron chi connectivity index (χ0n) is 11.6. The lowest BCUT2D eigenvalue weighted by Crippen LogP contribution is -2.40. The highest BCUT2D eigenvalue weighted by Crippen LogP contribution is 2.36. The second-order valence-electron chi connectivity index (χ2n) is 6.41. The van der Waals surface area contributed by atoms with Gasteiger partial charge in [0.05, 0.1) is 6.10 Å². The van der Waals surface area contributed by atoms with Gasteiger partial charge in [-0.3, -0.25) is 4.90 Å². The number of hydrogen-bond donors (Lipinski definition) is 1. The number of nitrogens with zero attached hydrogens (tertiary/aromatic N) is 1. The van der Waals surface area contributed by atoms with E-state index in [-0.39, 0.29) is 6.10 Å². The lowest BCUT2D eigenvalue weighted by Gasteiger charge is -2.31. The van der Waals surface area contributed by atoms with Crippen LogP contribution in [0, 0.1) is 5.92 Å². The topological polar surface area (TPSA) is 49.8 Å². The Bertz CT molecular complexity index is 327. The van der Waals surface area contributed by atoms with Crippen molar-refractivity contribution in [1.29, 1.82) is 0 Å². The van der Waals surface area contributed by atoms with Gasteiger partial charge in [-0.25, -0.2) is 4.79 Å². The number of carboxylic acid groups (broad SMARTS) is 1. The molecule has 0 aromatic carbocycles. The van der Waals surface area contributed by atoms with Crippen LogP contribution in [0.4, 0.5) is 0 Å². The van der Waals surface area contributed by atoms with Crippen LogP contribution in [0.15, 0.2) is 0 Å². The van der Waals surface area contributed by atoms with Crippen LogP contribution in [0.5, 0.6) is 0 Å². The smallest absolute Gasteiger partial charge is 0.332 e. The molecule has 3 rings (SSSR count). The summed E-state index contributed by atoms with van der Waals surface area (Å²) in [6, 6.07) is 0.745. The molecule has 3 fully saturated rings. The monoisotopic (exact) mass is 267 g/mol. The highest BCUT2D eigenvalue weighted by Gasteiger charge is 2.37. The van der Waals surface area contributed by atoms with Crippen molar-refractivity contribution in [2.24, 2.45) is 5.92 Å². The van der Waals surface area contributed by atoms with E-state index in [0.29, 0.717) is 6.42 Å². The summed E-state index contributed by atoms with van der Waals surface area (Å²) >= 11 is 0. The predicted octanol–water partition coefficient (Wildman–Crippen LogP) is 2.27. The fourth-order valence-electron chi connectivity index (χ4n) is 4.24. The summed E-state index contributed by atoms with van der Waals surface area (Å²) in [4.78, 5) is 13.5. The molecule has 108 valence electrons. The molecule has 0 amide bonds. The summed E-state index contributed by atoms with van der Waals surface area (Å²) < 4.78 is 5.65. The van der Waals surface area contributed by atoms with E-state index in [9.17, 15) is 4.79 Å². The van der Waals surface area contributed by atoms with E-state index in [2.05, 4.69) is 4.90 Å². The molecule has 3 atom stereocenters. The van der Waals surface area contributed by atoms with E-state index < -0.39 is 12.1 Å². The first kappa shape index (κ1) is 13.4. The summed E-state index contributed by atoms with van der Waals surface area (Å²) in [6.07, 6.45) is 9.39. The number of carboxylic acids is 1. The lowest BCUT2D eigenvalue weighted by molar-refractivity contribution is -0.149. The maximum atomic E-state index is 10.9. The summed E-state index contributed by atoms with van der Waals surface area (Å²) in [7, 11) is 0. The highest BCUT2D eigenvalue weighted by molar-refractivity contribution is 5.72. The van der Waals surface area contributed by atoms with Crippen molar-refractivity contribution in [1.82, 2.24) is 4.90 Å².